The van der Waals surface area contributed by atoms with Gasteiger partial charge in [-0.15, -0.1) is 24.0 Å². The van der Waals surface area contributed by atoms with Gasteiger partial charge in [-0.1, -0.05) is 12.1 Å². The Morgan fingerprint density at radius 3 is 3.00 bits per heavy atom. The Morgan fingerprint density at radius 1 is 1.40 bits per heavy atom. The Labute approximate surface area is 167 Å². The van der Waals surface area contributed by atoms with Crippen LogP contribution < -0.4 is 10.6 Å². The van der Waals surface area contributed by atoms with Crippen LogP contribution in [0.1, 0.15) is 25.3 Å². The summed E-state index contributed by atoms with van der Waals surface area (Å²) >= 11 is 0. The number of phenolic OH excluding ortho intramolecular Hbond substituents is 1. The molecule has 3 N–H and O–H groups in total. The lowest BCUT2D eigenvalue weighted by Crippen LogP contribution is -2.38. The molecule has 0 amide bonds. The summed E-state index contributed by atoms with van der Waals surface area (Å²) < 4.78 is 11.0. The third-order valence-electron chi connectivity index (χ3n) is 3.77. The van der Waals surface area contributed by atoms with Gasteiger partial charge >= 0.3 is 0 Å². The maximum Gasteiger partial charge on any atom is 0.191 e. The van der Waals surface area contributed by atoms with Crippen molar-refractivity contribution in [3.63, 3.8) is 0 Å². The van der Waals surface area contributed by atoms with Crippen molar-refractivity contribution in [2.45, 2.75) is 32.3 Å². The van der Waals surface area contributed by atoms with Gasteiger partial charge < -0.3 is 25.2 Å². The van der Waals surface area contributed by atoms with Crippen LogP contribution >= 0.6 is 24.0 Å². The zero-order valence-electron chi connectivity index (χ0n) is 14.9. The van der Waals surface area contributed by atoms with Crippen LogP contribution in [0.5, 0.6) is 5.75 Å². The molecule has 0 spiro atoms. The monoisotopic (exact) mass is 463 g/mol. The number of guanidine groups is 1. The predicted molar refractivity (Wildman–Crippen MR) is 111 cm³/mol. The maximum absolute atomic E-state index is 9.47. The van der Waals surface area contributed by atoms with Crippen molar-refractivity contribution in [1.29, 1.82) is 0 Å². The minimum Gasteiger partial charge on any atom is -0.508 e. The lowest BCUT2D eigenvalue weighted by molar-refractivity contribution is 0.0424. The Hall–Kier alpha value is -1.06. The number of halogens is 1. The third-order valence-corrected chi connectivity index (χ3v) is 3.77. The number of nitrogens with one attached hydrogen (secondary N) is 2. The van der Waals surface area contributed by atoms with Crippen molar-refractivity contribution in [2.24, 2.45) is 4.99 Å². The molecule has 0 radical (unpaired) electrons. The summed E-state index contributed by atoms with van der Waals surface area (Å²) in [4.78, 5) is 4.56. The van der Waals surface area contributed by atoms with Crippen molar-refractivity contribution in [1.82, 2.24) is 10.6 Å². The van der Waals surface area contributed by atoms with Crippen LogP contribution in [-0.2, 0) is 15.9 Å². The molecule has 2 rings (SSSR count). The number of hydrogen-bond donors (Lipinski definition) is 3. The molecule has 1 unspecified atom stereocenters. The first kappa shape index (κ1) is 22.0. The second-order valence-corrected chi connectivity index (χ2v) is 5.82. The molecule has 0 bridgehead atoms. The fourth-order valence-electron chi connectivity index (χ4n) is 2.53. The van der Waals surface area contributed by atoms with Gasteiger partial charge in [0.1, 0.15) is 5.75 Å². The molecule has 0 aromatic heterocycles. The highest BCUT2D eigenvalue weighted by Crippen LogP contribution is 2.10. The molecule has 0 aliphatic carbocycles. The topological polar surface area (TPSA) is 75.1 Å². The number of ether oxygens (including phenoxy) is 2. The molecule has 1 heterocycles. The molecule has 1 fully saturated rings. The van der Waals surface area contributed by atoms with Gasteiger partial charge in [0.2, 0.25) is 0 Å². The van der Waals surface area contributed by atoms with Crippen LogP contribution in [0.15, 0.2) is 29.3 Å². The summed E-state index contributed by atoms with van der Waals surface area (Å²) in [5, 5.41) is 16.0. The molecular formula is C18H30IN3O3. The van der Waals surface area contributed by atoms with Gasteiger partial charge in [-0.3, -0.25) is 4.99 Å². The summed E-state index contributed by atoms with van der Waals surface area (Å²) in [6, 6.07) is 7.34. The highest BCUT2D eigenvalue weighted by Gasteiger charge is 2.15. The molecule has 1 aliphatic rings. The Bertz CT molecular complexity index is 508. The number of nitrogens with zero attached hydrogens (tertiary/aromatic N) is 1. The van der Waals surface area contributed by atoms with Gasteiger partial charge in [0.25, 0.3) is 0 Å². The Balaban J connectivity index is 0.00000312. The first-order chi connectivity index (χ1) is 11.8. The first-order valence-corrected chi connectivity index (χ1v) is 8.77. The Morgan fingerprint density at radius 2 is 2.28 bits per heavy atom. The average molecular weight is 463 g/mol. The van der Waals surface area contributed by atoms with Crippen molar-refractivity contribution in [3.05, 3.63) is 29.8 Å². The lowest BCUT2D eigenvalue weighted by Gasteiger charge is -2.12. The number of benzene rings is 1. The van der Waals surface area contributed by atoms with Crippen LogP contribution in [0.4, 0.5) is 0 Å². The zero-order chi connectivity index (χ0) is 17.0. The SMILES string of the molecule is CCNC(=NCCCOC1CCOC1)NCCc1cccc(O)c1.I. The quantitative estimate of drug-likeness (QED) is 0.227. The second kappa shape index (κ2) is 13.2. The minimum atomic E-state index is 0. The summed E-state index contributed by atoms with van der Waals surface area (Å²) in [5.41, 5.74) is 1.10. The molecule has 25 heavy (non-hydrogen) atoms. The van der Waals surface area contributed by atoms with Crippen molar-refractivity contribution < 1.29 is 14.6 Å². The largest absolute Gasteiger partial charge is 0.508 e. The fraction of sp³-hybridized carbons (Fsp3) is 0.611. The highest BCUT2D eigenvalue weighted by molar-refractivity contribution is 14.0. The van der Waals surface area contributed by atoms with Crippen molar-refractivity contribution in [3.8, 4) is 5.75 Å². The van der Waals surface area contributed by atoms with Gasteiger partial charge in [0.05, 0.1) is 12.7 Å². The van der Waals surface area contributed by atoms with Crippen LogP contribution in [-0.4, -0.2) is 56.6 Å². The number of rotatable bonds is 9. The zero-order valence-corrected chi connectivity index (χ0v) is 17.2. The predicted octanol–water partition coefficient (Wildman–Crippen LogP) is 2.30. The van der Waals surface area contributed by atoms with Crippen molar-refractivity contribution in [2.75, 3.05) is 39.5 Å². The summed E-state index contributed by atoms with van der Waals surface area (Å²) in [6.07, 6.45) is 3.01. The first-order valence-electron chi connectivity index (χ1n) is 8.77. The number of aromatic hydroxyl groups is 1. The van der Waals surface area contributed by atoms with Gasteiger partial charge in [-0.2, -0.15) is 0 Å². The van der Waals surface area contributed by atoms with E-state index in [1.807, 2.05) is 12.1 Å². The van der Waals surface area contributed by atoms with E-state index in [9.17, 15) is 5.11 Å². The van der Waals surface area contributed by atoms with Gasteiger partial charge in [-0.25, -0.2) is 0 Å². The van der Waals surface area contributed by atoms with Crippen LogP contribution in [0.3, 0.4) is 0 Å². The second-order valence-electron chi connectivity index (χ2n) is 5.82. The molecule has 1 atom stereocenters. The fourth-order valence-corrected chi connectivity index (χ4v) is 2.53. The summed E-state index contributed by atoms with van der Waals surface area (Å²) in [7, 11) is 0. The minimum absolute atomic E-state index is 0. The molecule has 1 aromatic rings. The molecule has 7 heteroatoms. The standard InChI is InChI=1S/C18H29N3O3.HI/c1-2-19-18(20-9-4-11-24-17-8-12-23-14-17)21-10-7-15-5-3-6-16(22)13-15;/h3,5-6,13,17,22H,2,4,7-12,14H2,1H3,(H2,19,20,21);1H. The van der Waals surface area contributed by atoms with E-state index in [1.165, 1.54) is 0 Å². The molecule has 1 saturated heterocycles. The average Bonchev–Trinajstić information content (AvgIpc) is 3.08. The van der Waals surface area contributed by atoms with Gasteiger partial charge in [0.15, 0.2) is 5.96 Å². The van der Waals surface area contributed by atoms with Crippen molar-refractivity contribution >= 4 is 29.9 Å². The third kappa shape index (κ3) is 9.27. The van der Waals surface area contributed by atoms with E-state index in [4.69, 9.17) is 9.47 Å². The molecule has 1 aliphatic heterocycles. The van der Waals surface area contributed by atoms with Gasteiger partial charge in [-0.05, 0) is 43.9 Å². The molecule has 142 valence electrons. The smallest absolute Gasteiger partial charge is 0.191 e. The van der Waals surface area contributed by atoms with Crippen LogP contribution in [0.25, 0.3) is 0 Å². The van der Waals surface area contributed by atoms with E-state index in [0.717, 1.165) is 70.2 Å². The van der Waals surface area contributed by atoms with E-state index < -0.39 is 0 Å². The van der Waals surface area contributed by atoms with E-state index in [0.29, 0.717) is 5.75 Å². The summed E-state index contributed by atoms with van der Waals surface area (Å²) in [6.45, 7) is 6.64. The van der Waals surface area contributed by atoms with E-state index >= 15 is 0 Å². The van der Waals surface area contributed by atoms with E-state index in [-0.39, 0.29) is 30.1 Å². The summed E-state index contributed by atoms with van der Waals surface area (Å²) in [5.74, 6) is 1.13. The Kier molecular flexibility index (Phi) is 11.6. The van der Waals surface area contributed by atoms with E-state index in [1.54, 1.807) is 12.1 Å². The molecule has 0 saturated carbocycles. The highest BCUT2D eigenvalue weighted by atomic mass is 127. The number of phenols is 1. The number of hydrogen-bond acceptors (Lipinski definition) is 4. The number of aliphatic imine (C=N–C) groups is 1. The lowest BCUT2D eigenvalue weighted by atomic mass is 10.1. The normalized spacial score (nSPS) is 17.2. The molecule has 1 aromatic carbocycles. The maximum atomic E-state index is 9.47. The van der Waals surface area contributed by atoms with E-state index in [2.05, 4.69) is 22.5 Å². The van der Waals surface area contributed by atoms with Crippen LogP contribution in [0.2, 0.25) is 0 Å². The molecule has 6 nitrogen and oxygen atoms in total. The molecular weight excluding hydrogens is 433 g/mol. The van der Waals surface area contributed by atoms with Gasteiger partial charge in [0, 0.05) is 32.8 Å². The van der Waals surface area contributed by atoms with Crippen LogP contribution in [0, 0.1) is 0 Å².